The lowest BCUT2D eigenvalue weighted by Crippen LogP contribution is -2.45. The number of hydroxylamine groups is 1. The lowest BCUT2D eigenvalue weighted by Gasteiger charge is -2.33. The standard InChI is InChI=1S/C29H32N4O6/c34-26-11-3-1-2-4-12-27(35)39-25-10-6-9-24(25)33(26)19-21-15-13-20(14-16-21)18-30-31-28(36)22-7-5-8-23(17-22)29(37)32-38/h1-2,5,7-8,13-18,24-25,38H,3-4,6,9-12,19H2,(H,31,36)(H,32,37)/b2-1+,30-18+/t24-,25-/m0/s1. The SMILES string of the molecule is O=C1CC/C=C/CCC(=O)N(Cc2ccc(/C=N/NC(=O)c3cccc(C(=O)NO)c3)cc2)[C@H]2CCC[C@@H]2O1. The number of nitrogens with one attached hydrogen (secondary N) is 2. The maximum atomic E-state index is 13.2. The number of carbonyl (C=O) groups excluding carboxylic acids is 4. The number of ether oxygens (including phenoxy) is 1. The van der Waals surface area contributed by atoms with Gasteiger partial charge in [-0.3, -0.25) is 24.4 Å². The third-order valence-electron chi connectivity index (χ3n) is 6.83. The molecule has 0 unspecified atom stereocenters. The molecular weight excluding hydrogens is 500 g/mol. The number of rotatable bonds is 6. The number of hydrogen-bond acceptors (Lipinski definition) is 7. The Bertz CT molecular complexity index is 1260. The van der Waals surface area contributed by atoms with Crippen LogP contribution in [0.4, 0.5) is 0 Å². The third-order valence-corrected chi connectivity index (χ3v) is 6.83. The minimum Gasteiger partial charge on any atom is -0.460 e. The van der Waals surface area contributed by atoms with Crippen LogP contribution in [0, 0.1) is 0 Å². The number of nitrogens with zero attached hydrogens (tertiary/aromatic N) is 2. The number of esters is 1. The van der Waals surface area contributed by atoms with E-state index in [0.29, 0.717) is 32.2 Å². The molecule has 0 saturated heterocycles. The first-order valence-electron chi connectivity index (χ1n) is 13.1. The van der Waals surface area contributed by atoms with Crippen LogP contribution in [0.5, 0.6) is 0 Å². The van der Waals surface area contributed by atoms with Gasteiger partial charge in [0.1, 0.15) is 6.10 Å². The Balaban J connectivity index is 1.40. The van der Waals surface area contributed by atoms with E-state index in [4.69, 9.17) is 9.94 Å². The molecule has 2 atom stereocenters. The Morgan fingerprint density at radius 1 is 1.00 bits per heavy atom. The number of fused-ring (bicyclic) bond motifs is 1. The lowest BCUT2D eigenvalue weighted by atomic mass is 10.1. The summed E-state index contributed by atoms with van der Waals surface area (Å²) in [7, 11) is 0. The second-order valence-electron chi connectivity index (χ2n) is 9.56. The van der Waals surface area contributed by atoms with Crippen molar-refractivity contribution in [3.8, 4) is 0 Å². The van der Waals surface area contributed by atoms with Crippen molar-refractivity contribution in [3.05, 3.63) is 82.9 Å². The molecule has 2 aromatic carbocycles. The summed E-state index contributed by atoms with van der Waals surface area (Å²) in [5.74, 6) is -1.40. The molecule has 3 amide bonds. The zero-order chi connectivity index (χ0) is 27.6. The van der Waals surface area contributed by atoms with Crippen LogP contribution in [-0.4, -0.2) is 52.2 Å². The smallest absolute Gasteiger partial charge is 0.306 e. The summed E-state index contributed by atoms with van der Waals surface area (Å²) in [6.45, 7) is 0.410. The zero-order valence-electron chi connectivity index (χ0n) is 21.5. The number of amides is 3. The van der Waals surface area contributed by atoms with Crippen molar-refractivity contribution >= 4 is 29.9 Å². The van der Waals surface area contributed by atoms with E-state index in [0.717, 1.165) is 30.4 Å². The molecule has 1 fully saturated rings. The van der Waals surface area contributed by atoms with Crippen molar-refractivity contribution < 1.29 is 29.1 Å². The van der Waals surface area contributed by atoms with Crippen molar-refractivity contribution in [3.63, 3.8) is 0 Å². The van der Waals surface area contributed by atoms with Crippen LogP contribution < -0.4 is 10.9 Å². The Hall–Kier alpha value is -4.31. The largest absolute Gasteiger partial charge is 0.460 e. The van der Waals surface area contributed by atoms with Gasteiger partial charge in [0.15, 0.2) is 0 Å². The van der Waals surface area contributed by atoms with E-state index in [-0.39, 0.29) is 35.1 Å². The maximum absolute atomic E-state index is 13.2. The van der Waals surface area contributed by atoms with Crippen molar-refractivity contribution in [2.24, 2.45) is 5.10 Å². The summed E-state index contributed by atoms with van der Waals surface area (Å²) in [5, 5.41) is 12.7. The predicted octanol–water partition coefficient (Wildman–Crippen LogP) is 3.49. The second kappa shape index (κ2) is 13.5. The van der Waals surface area contributed by atoms with Gasteiger partial charge in [-0.1, -0.05) is 42.5 Å². The van der Waals surface area contributed by atoms with Crippen molar-refractivity contribution in [2.45, 2.75) is 63.6 Å². The maximum Gasteiger partial charge on any atom is 0.306 e. The van der Waals surface area contributed by atoms with E-state index >= 15 is 0 Å². The van der Waals surface area contributed by atoms with Crippen molar-refractivity contribution in [1.82, 2.24) is 15.8 Å². The fourth-order valence-corrected chi connectivity index (χ4v) is 4.81. The van der Waals surface area contributed by atoms with E-state index in [1.54, 1.807) is 0 Å². The van der Waals surface area contributed by atoms with Crippen LogP contribution in [0.2, 0.25) is 0 Å². The van der Waals surface area contributed by atoms with Crippen LogP contribution in [0.1, 0.15) is 76.8 Å². The summed E-state index contributed by atoms with van der Waals surface area (Å²) in [5.41, 5.74) is 5.97. The van der Waals surface area contributed by atoms with Gasteiger partial charge in [-0.15, -0.1) is 0 Å². The average molecular weight is 533 g/mol. The molecule has 3 N–H and O–H groups in total. The summed E-state index contributed by atoms with van der Waals surface area (Å²) in [4.78, 5) is 51.2. The Kier molecular flexibility index (Phi) is 9.58. The molecule has 2 aliphatic rings. The molecule has 1 saturated carbocycles. The highest BCUT2D eigenvalue weighted by Gasteiger charge is 2.37. The monoisotopic (exact) mass is 532 g/mol. The normalized spacial score (nSPS) is 20.9. The molecule has 0 aromatic heterocycles. The molecule has 1 aliphatic heterocycles. The molecule has 0 spiro atoms. The molecule has 1 heterocycles. The molecule has 4 rings (SSSR count). The van der Waals surface area contributed by atoms with E-state index in [1.165, 1.54) is 36.0 Å². The topological polar surface area (TPSA) is 137 Å². The summed E-state index contributed by atoms with van der Waals surface area (Å²) in [6, 6.07) is 13.2. The molecule has 204 valence electrons. The molecule has 10 nitrogen and oxygen atoms in total. The number of benzene rings is 2. The first kappa shape index (κ1) is 27.7. The van der Waals surface area contributed by atoms with Gasteiger partial charge in [-0.25, -0.2) is 10.9 Å². The Morgan fingerprint density at radius 3 is 2.46 bits per heavy atom. The molecule has 1 aliphatic carbocycles. The van der Waals surface area contributed by atoms with Gasteiger partial charge in [0.25, 0.3) is 11.8 Å². The first-order chi connectivity index (χ1) is 18.9. The van der Waals surface area contributed by atoms with E-state index in [2.05, 4.69) is 10.5 Å². The number of hydrazone groups is 1. The van der Waals surface area contributed by atoms with Crippen LogP contribution in [0.15, 0.2) is 65.8 Å². The molecule has 0 radical (unpaired) electrons. The highest BCUT2D eigenvalue weighted by Crippen LogP contribution is 2.30. The first-order valence-corrected chi connectivity index (χ1v) is 13.1. The average Bonchev–Trinajstić information content (AvgIpc) is 3.40. The van der Waals surface area contributed by atoms with Crippen LogP contribution in [0.3, 0.4) is 0 Å². The van der Waals surface area contributed by atoms with Crippen LogP contribution in [-0.2, 0) is 20.9 Å². The summed E-state index contributed by atoms with van der Waals surface area (Å²) in [6.07, 6.45) is 9.60. The van der Waals surface area contributed by atoms with E-state index < -0.39 is 11.8 Å². The highest BCUT2D eigenvalue weighted by atomic mass is 16.5. The number of hydrogen-bond donors (Lipinski definition) is 3. The Morgan fingerprint density at radius 2 is 1.72 bits per heavy atom. The van der Waals surface area contributed by atoms with Gasteiger partial charge in [-0.05, 0) is 61.4 Å². The molecule has 39 heavy (non-hydrogen) atoms. The van der Waals surface area contributed by atoms with E-state index in [1.807, 2.05) is 41.3 Å². The van der Waals surface area contributed by atoms with E-state index in [9.17, 15) is 19.2 Å². The minimum atomic E-state index is -0.719. The van der Waals surface area contributed by atoms with Crippen molar-refractivity contribution in [1.29, 1.82) is 0 Å². The molecular formula is C29H32N4O6. The van der Waals surface area contributed by atoms with Gasteiger partial charge >= 0.3 is 5.97 Å². The van der Waals surface area contributed by atoms with Gasteiger partial charge in [0, 0.05) is 30.5 Å². The predicted molar refractivity (Wildman–Crippen MR) is 143 cm³/mol. The molecule has 10 heteroatoms. The van der Waals surface area contributed by atoms with Gasteiger partial charge in [0.05, 0.1) is 12.3 Å². The van der Waals surface area contributed by atoms with Gasteiger partial charge < -0.3 is 9.64 Å². The lowest BCUT2D eigenvalue weighted by molar-refractivity contribution is -0.154. The summed E-state index contributed by atoms with van der Waals surface area (Å²) >= 11 is 0. The minimum absolute atomic E-state index is 0.0436. The number of allylic oxidation sites excluding steroid dienone is 2. The van der Waals surface area contributed by atoms with Gasteiger partial charge in [-0.2, -0.15) is 5.10 Å². The zero-order valence-corrected chi connectivity index (χ0v) is 21.5. The molecule has 0 bridgehead atoms. The quantitative estimate of drug-likeness (QED) is 0.171. The Labute approximate surface area is 226 Å². The highest BCUT2D eigenvalue weighted by molar-refractivity contribution is 5.99. The van der Waals surface area contributed by atoms with Crippen LogP contribution >= 0.6 is 0 Å². The second-order valence-corrected chi connectivity index (χ2v) is 9.56. The van der Waals surface area contributed by atoms with Crippen molar-refractivity contribution in [2.75, 3.05) is 0 Å². The number of carbonyl (C=O) groups is 4. The summed E-state index contributed by atoms with van der Waals surface area (Å²) < 4.78 is 5.75. The molecule has 2 aromatic rings. The third kappa shape index (κ3) is 7.61. The van der Waals surface area contributed by atoms with Crippen LogP contribution in [0.25, 0.3) is 0 Å². The fourth-order valence-electron chi connectivity index (χ4n) is 4.81. The van der Waals surface area contributed by atoms with Gasteiger partial charge in [0.2, 0.25) is 5.91 Å². The fraction of sp³-hybridized carbons (Fsp3) is 0.345.